The van der Waals surface area contributed by atoms with Gasteiger partial charge < -0.3 is 14.8 Å². The van der Waals surface area contributed by atoms with Crippen molar-refractivity contribution in [2.75, 3.05) is 13.7 Å². The van der Waals surface area contributed by atoms with Crippen molar-refractivity contribution in [1.29, 1.82) is 0 Å². The molecule has 0 unspecified atom stereocenters. The second-order valence-corrected chi connectivity index (χ2v) is 8.19. The minimum Gasteiger partial charge on any atom is -0.493 e. The Bertz CT molecular complexity index is 1200. The third-order valence-electron chi connectivity index (χ3n) is 4.99. The Morgan fingerprint density at radius 1 is 1.10 bits per heavy atom. The molecule has 0 spiro atoms. The van der Waals surface area contributed by atoms with Crippen molar-refractivity contribution in [1.82, 2.24) is 15.1 Å². The van der Waals surface area contributed by atoms with Crippen LogP contribution < -0.4 is 14.8 Å². The molecular weight excluding hydrogens is 410 g/mol. The quantitative estimate of drug-likeness (QED) is 0.432. The van der Waals surface area contributed by atoms with Crippen molar-refractivity contribution in [2.24, 2.45) is 0 Å². The second kappa shape index (κ2) is 9.22. The highest BCUT2D eigenvalue weighted by atomic mass is 32.1. The molecule has 0 bridgehead atoms. The second-order valence-electron chi connectivity index (χ2n) is 7.16. The first kappa shape index (κ1) is 20.9. The van der Waals surface area contributed by atoms with E-state index in [1.807, 2.05) is 61.0 Å². The maximum absolute atomic E-state index is 12.8. The smallest absolute Gasteiger partial charge is 0.261 e. The van der Waals surface area contributed by atoms with E-state index >= 15 is 0 Å². The summed E-state index contributed by atoms with van der Waals surface area (Å²) >= 11 is 1.47. The summed E-state index contributed by atoms with van der Waals surface area (Å²) in [5.41, 5.74) is 3.05. The molecule has 160 valence electrons. The summed E-state index contributed by atoms with van der Waals surface area (Å²) in [6.45, 7) is 5.56. The van der Waals surface area contributed by atoms with Gasteiger partial charge in [-0.05, 0) is 43.2 Å². The van der Waals surface area contributed by atoms with Gasteiger partial charge >= 0.3 is 0 Å². The van der Waals surface area contributed by atoms with Crippen molar-refractivity contribution < 1.29 is 14.3 Å². The predicted molar refractivity (Wildman–Crippen MR) is 123 cm³/mol. The van der Waals surface area contributed by atoms with Crippen LogP contribution in [-0.4, -0.2) is 29.4 Å². The monoisotopic (exact) mass is 435 g/mol. The zero-order valence-electron chi connectivity index (χ0n) is 17.8. The van der Waals surface area contributed by atoms with E-state index in [0.717, 1.165) is 21.5 Å². The van der Waals surface area contributed by atoms with Crippen LogP contribution in [0.15, 0.2) is 54.6 Å². The van der Waals surface area contributed by atoms with Gasteiger partial charge in [0.05, 0.1) is 30.8 Å². The van der Waals surface area contributed by atoms with E-state index in [1.165, 1.54) is 16.9 Å². The van der Waals surface area contributed by atoms with Crippen LogP contribution in [0, 0.1) is 6.92 Å². The average Bonchev–Trinajstić information content (AvgIpc) is 3.35. The lowest BCUT2D eigenvalue weighted by Crippen LogP contribution is -2.21. The number of rotatable bonds is 8. The normalized spacial score (nSPS) is 10.9. The number of hydrogen-bond donors (Lipinski definition) is 1. The first-order chi connectivity index (χ1) is 15.1. The molecule has 31 heavy (non-hydrogen) atoms. The summed E-state index contributed by atoms with van der Waals surface area (Å²) < 4.78 is 12.9. The average molecular weight is 436 g/mol. The van der Waals surface area contributed by atoms with Crippen molar-refractivity contribution in [3.63, 3.8) is 0 Å². The lowest BCUT2D eigenvalue weighted by atomic mass is 10.2. The molecule has 0 aliphatic carbocycles. The summed E-state index contributed by atoms with van der Waals surface area (Å²) in [6.07, 6.45) is 0. The van der Waals surface area contributed by atoms with Gasteiger partial charge in [0.2, 0.25) is 0 Å². The summed E-state index contributed by atoms with van der Waals surface area (Å²) in [6, 6.07) is 17.8. The molecule has 2 aromatic heterocycles. The van der Waals surface area contributed by atoms with E-state index in [-0.39, 0.29) is 5.91 Å². The molecule has 4 aromatic rings. The van der Waals surface area contributed by atoms with Crippen LogP contribution in [0.2, 0.25) is 0 Å². The van der Waals surface area contributed by atoms with Gasteiger partial charge in [-0.2, -0.15) is 5.10 Å². The minimum absolute atomic E-state index is 0.0975. The van der Waals surface area contributed by atoms with E-state index < -0.39 is 0 Å². The fourth-order valence-corrected chi connectivity index (χ4v) is 4.53. The SMILES string of the molecule is CCOc1ccc(CNC(=O)c2cc3c(C)nn(Cc4ccccc4)c3s2)cc1OC. The summed E-state index contributed by atoms with van der Waals surface area (Å²) in [5, 5.41) is 8.68. The Morgan fingerprint density at radius 2 is 1.90 bits per heavy atom. The highest BCUT2D eigenvalue weighted by molar-refractivity contribution is 7.20. The van der Waals surface area contributed by atoms with Crippen molar-refractivity contribution in [3.8, 4) is 11.5 Å². The van der Waals surface area contributed by atoms with Gasteiger partial charge in [0.1, 0.15) is 4.83 Å². The Morgan fingerprint density at radius 3 is 2.65 bits per heavy atom. The van der Waals surface area contributed by atoms with Gasteiger partial charge in [-0.3, -0.25) is 9.48 Å². The fourth-order valence-electron chi connectivity index (χ4n) is 3.45. The molecule has 0 saturated carbocycles. The van der Waals surface area contributed by atoms with E-state index in [0.29, 0.717) is 36.1 Å². The molecule has 0 aliphatic rings. The number of thiophene rings is 1. The number of methoxy groups -OCH3 is 1. The van der Waals surface area contributed by atoms with Crippen LogP contribution >= 0.6 is 11.3 Å². The molecule has 0 saturated heterocycles. The number of nitrogens with one attached hydrogen (secondary N) is 1. The zero-order chi connectivity index (χ0) is 21.8. The number of ether oxygens (including phenoxy) is 2. The number of aromatic nitrogens is 2. The highest BCUT2D eigenvalue weighted by Gasteiger charge is 2.17. The Balaban J connectivity index is 1.49. The molecule has 7 heteroatoms. The number of fused-ring (bicyclic) bond motifs is 1. The number of amides is 1. The fraction of sp³-hybridized carbons (Fsp3) is 0.250. The van der Waals surface area contributed by atoms with Gasteiger partial charge in [-0.15, -0.1) is 11.3 Å². The van der Waals surface area contributed by atoms with Crippen LogP contribution in [0.4, 0.5) is 0 Å². The van der Waals surface area contributed by atoms with Gasteiger partial charge in [0.15, 0.2) is 11.5 Å². The first-order valence-corrected chi connectivity index (χ1v) is 11.0. The zero-order valence-corrected chi connectivity index (χ0v) is 18.7. The lowest BCUT2D eigenvalue weighted by molar-refractivity contribution is 0.0955. The maximum atomic E-state index is 12.8. The van der Waals surface area contributed by atoms with E-state index in [9.17, 15) is 4.79 Å². The van der Waals surface area contributed by atoms with Crippen molar-refractivity contribution >= 4 is 27.5 Å². The van der Waals surface area contributed by atoms with Crippen LogP contribution in [-0.2, 0) is 13.1 Å². The van der Waals surface area contributed by atoms with Crippen LogP contribution in [0.25, 0.3) is 10.2 Å². The molecule has 0 aliphatic heterocycles. The molecule has 1 amide bonds. The van der Waals surface area contributed by atoms with Gasteiger partial charge in [0.25, 0.3) is 5.91 Å². The summed E-state index contributed by atoms with van der Waals surface area (Å²) in [4.78, 5) is 14.5. The standard InChI is InChI=1S/C24H25N3O3S/c1-4-30-20-11-10-18(12-21(20)29-3)14-25-23(28)22-13-19-16(2)26-27(24(19)31-22)15-17-8-6-5-7-9-17/h5-13H,4,14-15H2,1-3H3,(H,25,28). The molecule has 6 nitrogen and oxygen atoms in total. The number of carbonyl (C=O) groups is 1. The molecular formula is C24H25N3O3S. The topological polar surface area (TPSA) is 65.4 Å². The van der Waals surface area contributed by atoms with Crippen LogP contribution in [0.3, 0.4) is 0 Å². The van der Waals surface area contributed by atoms with Crippen molar-refractivity contribution in [3.05, 3.63) is 76.3 Å². The highest BCUT2D eigenvalue weighted by Crippen LogP contribution is 2.30. The van der Waals surface area contributed by atoms with E-state index in [2.05, 4.69) is 22.5 Å². The van der Waals surface area contributed by atoms with Crippen LogP contribution in [0.5, 0.6) is 11.5 Å². The van der Waals surface area contributed by atoms with Gasteiger partial charge in [-0.1, -0.05) is 36.4 Å². The minimum atomic E-state index is -0.0975. The van der Waals surface area contributed by atoms with Gasteiger partial charge in [-0.25, -0.2) is 0 Å². The largest absolute Gasteiger partial charge is 0.493 e. The number of carbonyl (C=O) groups excluding carboxylic acids is 1. The van der Waals surface area contributed by atoms with E-state index in [4.69, 9.17) is 9.47 Å². The number of benzene rings is 2. The third-order valence-corrected chi connectivity index (χ3v) is 6.13. The van der Waals surface area contributed by atoms with Crippen molar-refractivity contribution in [2.45, 2.75) is 26.9 Å². The Kier molecular flexibility index (Phi) is 6.23. The summed E-state index contributed by atoms with van der Waals surface area (Å²) in [7, 11) is 1.61. The molecule has 0 fully saturated rings. The summed E-state index contributed by atoms with van der Waals surface area (Å²) in [5.74, 6) is 1.26. The van der Waals surface area contributed by atoms with E-state index in [1.54, 1.807) is 7.11 Å². The maximum Gasteiger partial charge on any atom is 0.261 e. The molecule has 4 rings (SSSR count). The molecule has 0 atom stereocenters. The van der Waals surface area contributed by atoms with Gasteiger partial charge in [0, 0.05) is 11.9 Å². The molecule has 2 heterocycles. The number of nitrogens with zero attached hydrogens (tertiary/aromatic N) is 2. The first-order valence-electron chi connectivity index (χ1n) is 10.2. The third kappa shape index (κ3) is 4.56. The Labute approximate surface area is 185 Å². The molecule has 1 N–H and O–H groups in total. The number of aryl methyl sites for hydroxylation is 1. The Hall–Kier alpha value is -3.32. The predicted octanol–water partition coefficient (Wildman–Crippen LogP) is 4.79. The molecule has 0 radical (unpaired) electrons. The lowest BCUT2D eigenvalue weighted by Gasteiger charge is -2.11. The number of hydrogen-bond acceptors (Lipinski definition) is 5. The molecule has 2 aromatic carbocycles. The van der Waals surface area contributed by atoms with Crippen LogP contribution in [0.1, 0.15) is 33.4 Å².